The standard InChI is InChI=1S/C12H15N3/c1-14-7-5-10(8-14)11-9-15-6-3-2-4-12(15)13-11/h2-4,6,9-10H,5,7-8H2,1H3. The summed E-state index contributed by atoms with van der Waals surface area (Å²) in [5.74, 6) is 0.620. The second-order valence-electron chi connectivity index (χ2n) is 4.38. The normalized spacial score (nSPS) is 22.6. The number of likely N-dealkylation sites (N-methyl/N-ethyl adjacent to an activating group) is 1. The molecule has 2 aromatic rings. The molecule has 1 fully saturated rings. The van der Waals surface area contributed by atoms with Crippen LogP contribution in [-0.4, -0.2) is 34.4 Å². The van der Waals surface area contributed by atoms with Gasteiger partial charge in [-0.1, -0.05) is 6.07 Å². The Labute approximate surface area is 89.3 Å². The Kier molecular flexibility index (Phi) is 1.99. The molecule has 1 unspecified atom stereocenters. The van der Waals surface area contributed by atoms with Crippen LogP contribution in [0.2, 0.25) is 0 Å². The minimum Gasteiger partial charge on any atom is -0.307 e. The number of hydrogen-bond donors (Lipinski definition) is 0. The van der Waals surface area contributed by atoms with Crippen LogP contribution in [0, 0.1) is 0 Å². The van der Waals surface area contributed by atoms with Gasteiger partial charge in [-0.15, -0.1) is 0 Å². The van der Waals surface area contributed by atoms with E-state index >= 15 is 0 Å². The van der Waals surface area contributed by atoms with Gasteiger partial charge in [-0.25, -0.2) is 4.98 Å². The zero-order chi connectivity index (χ0) is 10.3. The molecule has 78 valence electrons. The molecule has 0 spiro atoms. The average Bonchev–Trinajstić information content (AvgIpc) is 2.82. The van der Waals surface area contributed by atoms with Gasteiger partial charge >= 0.3 is 0 Å². The monoisotopic (exact) mass is 201 g/mol. The number of pyridine rings is 1. The maximum Gasteiger partial charge on any atom is 0.136 e. The number of nitrogens with zero attached hydrogens (tertiary/aromatic N) is 3. The molecule has 0 amide bonds. The average molecular weight is 201 g/mol. The summed E-state index contributed by atoms with van der Waals surface area (Å²) in [6, 6.07) is 6.13. The quantitative estimate of drug-likeness (QED) is 0.700. The lowest BCUT2D eigenvalue weighted by molar-refractivity contribution is 0.411. The minimum atomic E-state index is 0.620. The highest BCUT2D eigenvalue weighted by molar-refractivity contribution is 5.40. The summed E-state index contributed by atoms with van der Waals surface area (Å²) in [7, 11) is 2.18. The second-order valence-corrected chi connectivity index (χ2v) is 4.38. The smallest absolute Gasteiger partial charge is 0.136 e. The van der Waals surface area contributed by atoms with E-state index in [0.29, 0.717) is 5.92 Å². The van der Waals surface area contributed by atoms with Gasteiger partial charge in [-0.2, -0.15) is 0 Å². The molecule has 15 heavy (non-hydrogen) atoms. The molecule has 0 aliphatic carbocycles. The molecule has 3 nitrogen and oxygen atoms in total. The van der Waals surface area contributed by atoms with E-state index < -0.39 is 0 Å². The molecule has 0 bridgehead atoms. The number of fused-ring (bicyclic) bond motifs is 1. The molecule has 0 saturated carbocycles. The Morgan fingerprint density at radius 3 is 3.07 bits per heavy atom. The summed E-state index contributed by atoms with van der Waals surface area (Å²) < 4.78 is 2.10. The predicted octanol–water partition coefficient (Wildman–Crippen LogP) is 1.75. The molecule has 0 N–H and O–H groups in total. The lowest BCUT2D eigenvalue weighted by atomic mass is 10.1. The maximum atomic E-state index is 4.67. The van der Waals surface area contributed by atoms with Crippen molar-refractivity contribution in [3.8, 4) is 0 Å². The predicted molar refractivity (Wildman–Crippen MR) is 60.0 cm³/mol. The molecule has 3 heteroatoms. The number of aromatic nitrogens is 2. The van der Waals surface area contributed by atoms with Crippen molar-refractivity contribution in [1.29, 1.82) is 0 Å². The first-order valence-corrected chi connectivity index (χ1v) is 5.45. The first kappa shape index (κ1) is 8.92. The Balaban J connectivity index is 1.98. The zero-order valence-electron chi connectivity index (χ0n) is 8.93. The first-order valence-electron chi connectivity index (χ1n) is 5.45. The molecule has 0 radical (unpaired) electrons. The van der Waals surface area contributed by atoms with Gasteiger partial charge in [0.15, 0.2) is 0 Å². The number of hydrogen-bond acceptors (Lipinski definition) is 2. The van der Waals surface area contributed by atoms with E-state index in [1.165, 1.54) is 18.7 Å². The van der Waals surface area contributed by atoms with Gasteiger partial charge in [0.2, 0.25) is 0 Å². The molecule has 1 atom stereocenters. The van der Waals surface area contributed by atoms with Crippen LogP contribution < -0.4 is 0 Å². The molecule has 3 heterocycles. The van der Waals surface area contributed by atoms with E-state index in [9.17, 15) is 0 Å². The number of imidazole rings is 1. The van der Waals surface area contributed by atoms with Crippen LogP contribution >= 0.6 is 0 Å². The maximum absolute atomic E-state index is 4.67. The van der Waals surface area contributed by atoms with Crippen molar-refractivity contribution in [2.24, 2.45) is 0 Å². The van der Waals surface area contributed by atoms with Crippen molar-refractivity contribution in [2.75, 3.05) is 20.1 Å². The van der Waals surface area contributed by atoms with Gasteiger partial charge < -0.3 is 9.30 Å². The van der Waals surface area contributed by atoms with E-state index in [-0.39, 0.29) is 0 Å². The van der Waals surface area contributed by atoms with E-state index in [1.54, 1.807) is 0 Å². The van der Waals surface area contributed by atoms with Crippen LogP contribution in [-0.2, 0) is 0 Å². The van der Waals surface area contributed by atoms with Crippen molar-refractivity contribution >= 4 is 5.65 Å². The van der Waals surface area contributed by atoms with Crippen molar-refractivity contribution in [2.45, 2.75) is 12.3 Å². The van der Waals surface area contributed by atoms with E-state index in [0.717, 1.165) is 12.2 Å². The highest BCUT2D eigenvalue weighted by atomic mass is 15.1. The molecule has 1 aliphatic rings. The molecule has 1 saturated heterocycles. The topological polar surface area (TPSA) is 20.5 Å². The molecule has 3 rings (SSSR count). The Morgan fingerprint density at radius 1 is 1.40 bits per heavy atom. The highest BCUT2D eigenvalue weighted by Gasteiger charge is 2.23. The van der Waals surface area contributed by atoms with Gasteiger partial charge in [-0.3, -0.25) is 0 Å². The van der Waals surface area contributed by atoms with Crippen molar-refractivity contribution in [3.05, 3.63) is 36.3 Å². The number of likely N-dealkylation sites (tertiary alicyclic amines) is 1. The Hall–Kier alpha value is -1.35. The van der Waals surface area contributed by atoms with Crippen molar-refractivity contribution in [3.63, 3.8) is 0 Å². The fraction of sp³-hybridized carbons (Fsp3) is 0.417. The fourth-order valence-electron chi connectivity index (χ4n) is 2.33. The molecule has 2 aromatic heterocycles. The van der Waals surface area contributed by atoms with Gasteiger partial charge in [0.05, 0.1) is 5.69 Å². The van der Waals surface area contributed by atoms with Crippen molar-refractivity contribution in [1.82, 2.24) is 14.3 Å². The van der Waals surface area contributed by atoms with E-state index in [2.05, 4.69) is 39.8 Å². The van der Waals surface area contributed by atoms with Gasteiger partial charge in [0.1, 0.15) is 5.65 Å². The van der Waals surface area contributed by atoms with Gasteiger partial charge in [0.25, 0.3) is 0 Å². The summed E-state index contributed by atoms with van der Waals surface area (Å²) in [4.78, 5) is 7.04. The number of rotatable bonds is 1. The largest absolute Gasteiger partial charge is 0.307 e. The lowest BCUT2D eigenvalue weighted by Gasteiger charge is -2.06. The van der Waals surface area contributed by atoms with Crippen LogP contribution in [0.5, 0.6) is 0 Å². The van der Waals surface area contributed by atoms with Crippen LogP contribution in [0.15, 0.2) is 30.6 Å². The van der Waals surface area contributed by atoms with Crippen LogP contribution in [0.4, 0.5) is 0 Å². The summed E-state index contributed by atoms with van der Waals surface area (Å²) in [5, 5.41) is 0. The van der Waals surface area contributed by atoms with Crippen LogP contribution in [0.1, 0.15) is 18.0 Å². The second kappa shape index (κ2) is 3.35. The summed E-state index contributed by atoms with van der Waals surface area (Å²) >= 11 is 0. The molecule has 0 aromatic carbocycles. The third-order valence-electron chi connectivity index (χ3n) is 3.19. The summed E-state index contributed by atoms with van der Waals surface area (Å²) in [6.45, 7) is 2.34. The molecular weight excluding hydrogens is 186 g/mol. The molecule has 1 aliphatic heterocycles. The zero-order valence-corrected chi connectivity index (χ0v) is 8.93. The summed E-state index contributed by atoms with van der Waals surface area (Å²) in [5.41, 5.74) is 2.30. The Morgan fingerprint density at radius 2 is 2.33 bits per heavy atom. The van der Waals surface area contributed by atoms with E-state index in [4.69, 9.17) is 0 Å². The van der Waals surface area contributed by atoms with Crippen LogP contribution in [0.25, 0.3) is 5.65 Å². The van der Waals surface area contributed by atoms with Crippen LogP contribution in [0.3, 0.4) is 0 Å². The third kappa shape index (κ3) is 1.53. The third-order valence-corrected chi connectivity index (χ3v) is 3.19. The SMILES string of the molecule is CN1CCC(c2cn3ccccc3n2)C1. The van der Waals surface area contributed by atoms with Gasteiger partial charge in [-0.05, 0) is 32.1 Å². The van der Waals surface area contributed by atoms with Gasteiger partial charge in [0, 0.05) is 24.9 Å². The highest BCUT2D eigenvalue weighted by Crippen LogP contribution is 2.25. The molecular formula is C12H15N3. The van der Waals surface area contributed by atoms with E-state index in [1.807, 2.05) is 12.1 Å². The summed E-state index contributed by atoms with van der Waals surface area (Å²) in [6.07, 6.45) is 5.46. The Bertz CT molecular complexity index is 441. The lowest BCUT2D eigenvalue weighted by Crippen LogP contribution is -2.13. The fourth-order valence-corrected chi connectivity index (χ4v) is 2.33. The first-order chi connectivity index (χ1) is 7.33. The van der Waals surface area contributed by atoms with Crippen molar-refractivity contribution < 1.29 is 0 Å². The minimum absolute atomic E-state index is 0.620.